The fourth-order valence-corrected chi connectivity index (χ4v) is 4.44. The highest BCUT2D eigenvalue weighted by Gasteiger charge is 2.28. The second kappa shape index (κ2) is 9.23. The molecule has 1 atom stereocenters. The number of benzene rings is 2. The number of nitrogens with one attached hydrogen (secondary N) is 1. The molecule has 29 heavy (non-hydrogen) atoms. The molecule has 0 saturated carbocycles. The second-order valence-electron chi connectivity index (χ2n) is 6.60. The molecule has 3 rings (SSSR count). The lowest BCUT2D eigenvalue weighted by molar-refractivity contribution is -0.120. The minimum atomic E-state index is -4.09. The first-order valence-electron chi connectivity index (χ1n) is 9.21. The van der Waals surface area contributed by atoms with Crippen molar-refractivity contribution in [1.82, 2.24) is 5.32 Å². The summed E-state index contributed by atoms with van der Waals surface area (Å²) in [7, 11) is -2.59. The summed E-state index contributed by atoms with van der Waals surface area (Å²) in [4.78, 5) is 12.4. The minimum Gasteiger partial charge on any atom is -0.497 e. The smallest absolute Gasteiger partial charge is 0.264 e. The molecule has 1 amide bonds. The summed E-state index contributed by atoms with van der Waals surface area (Å²) in [6.07, 6.45) is 1.75. The maximum absolute atomic E-state index is 13.2. The van der Waals surface area contributed by atoms with Gasteiger partial charge in [0.15, 0.2) is 0 Å². The Morgan fingerprint density at radius 2 is 1.90 bits per heavy atom. The molecule has 0 aliphatic carbocycles. The van der Waals surface area contributed by atoms with Crippen LogP contribution in [0.2, 0.25) is 0 Å². The molecule has 1 aliphatic heterocycles. The van der Waals surface area contributed by atoms with Crippen LogP contribution in [0, 0.1) is 5.82 Å². The first-order chi connectivity index (χ1) is 13.9. The molecular formula is C20H23FN2O5S. The van der Waals surface area contributed by atoms with Crippen LogP contribution in [0.25, 0.3) is 0 Å². The summed E-state index contributed by atoms with van der Waals surface area (Å²) >= 11 is 0. The van der Waals surface area contributed by atoms with E-state index in [0.717, 1.165) is 29.3 Å². The second-order valence-corrected chi connectivity index (χ2v) is 8.47. The molecule has 1 heterocycles. The number of amides is 1. The zero-order valence-corrected chi connectivity index (χ0v) is 16.8. The number of carbonyl (C=O) groups excluding carboxylic acids is 1. The van der Waals surface area contributed by atoms with Crippen LogP contribution in [0.4, 0.5) is 10.1 Å². The van der Waals surface area contributed by atoms with Gasteiger partial charge in [-0.25, -0.2) is 12.8 Å². The Morgan fingerprint density at radius 1 is 1.21 bits per heavy atom. The van der Waals surface area contributed by atoms with Gasteiger partial charge < -0.3 is 14.8 Å². The Labute approximate surface area is 169 Å². The van der Waals surface area contributed by atoms with E-state index in [0.29, 0.717) is 24.6 Å². The van der Waals surface area contributed by atoms with E-state index in [1.54, 1.807) is 24.3 Å². The first-order valence-corrected chi connectivity index (χ1v) is 10.6. The van der Waals surface area contributed by atoms with Crippen LogP contribution in [0.15, 0.2) is 53.4 Å². The molecule has 0 bridgehead atoms. The highest BCUT2D eigenvalue weighted by molar-refractivity contribution is 7.92. The molecule has 1 fully saturated rings. The van der Waals surface area contributed by atoms with Gasteiger partial charge in [-0.05, 0) is 61.4 Å². The molecule has 1 saturated heterocycles. The van der Waals surface area contributed by atoms with Gasteiger partial charge in [0.05, 0.1) is 23.8 Å². The van der Waals surface area contributed by atoms with Gasteiger partial charge in [-0.3, -0.25) is 9.10 Å². The van der Waals surface area contributed by atoms with Gasteiger partial charge in [0.1, 0.15) is 18.1 Å². The summed E-state index contributed by atoms with van der Waals surface area (Å²) < 4.78 is 51.1. The van der Waals surface area contributed by atoms with E-state index in [1.807, 2.05) is 0 Å². The quantitative estimate of drug-likeness (QED) is 0.706. The zero-order valence-electron chi connectivity index (χ0n) is 16.0. The van der Waals surface area contributed by atoms with Gasteiger partial charge in [0.2, 0.25) is 5.91 Å². The Bertz CT molecular complexity index is 926. The van der Waals surface area contributed by atoms with Crippen LogP contribution in [0.5, 0.6) is 5.75 Å². The van der Waals surface area contributed by atoms with Crippen LogP contribution in [0.3, 0.4) is 0 Å². The van der Waals surface area contributed by atoms with E-state index in [4.69, 9.17) is 9.47 Å². The van der Waals surface area contributed by atoms with Crippen molar-refractivity contribution in [3.8, 4) is 5.75 Å². The van der Waals surface area contributed by atoms with Gasteiger partial charge in [0, 0.05) is 13.2 Å². The standard InChI is InChI=1S/C20H23FN2O5S/c1-27-17-8-6-16(7-9-17)23(14-20(24)22-13-18-3-2-12-28-18)29(25,26)19-10-4-15(21)5-11-19/h4-11,18H,2-3,12-14H2,1H3,(H,22,24)/t18-/m1/s1. The Morgan fingerprint density at radius 3 is 2.48 bits per heavy atom. The number of nitrogens with zero attached hydrogens (tertiary/aromatic N) is 1. The predicted octanol–water partition coefficient (Wildman–Crippen LogP) is 2.32. The normalized spacial score (nSPS) is 16.4. The average molecular weight is 422 g/mol. The van der Waals surface area contributed by atoms with Gasteiger partial charge in [-0.2, -0.15) is 0 Å². The molecule has 0 aromatic heterocycles. The lowest BCUT2D eigenvalue weighted by Crippen LogP contribution is -2.42. The maximum Gasteiger partial charge on any atom is 0.264 e. The van der Waals surface area contributed by atoms with Crippen LogP contribution in [0.1, 0.15) is 12.8 Å². The first kappa shape index (κ1) is 21.1. The highest BCUT2D eigenvalue weighted by atomic mass is 32.2. The number of ether oxygens (including phenoxy) is 2. The third kappa shape index (κ3) is 5.24. The van der Waals surface area contributed by atoms with E-state index in [9.17, 15) is 17.6 Å². The zero-order chi connectivity index (χ0) is 20.9. The van der Waals surface area contributed by atoms with Crippen LogP contribution >= 0.6 is 0 Å². The van der Waals surface area contributed by atoms with Crippen molar-refractivity contribution < 1.29 is 27.1 Å². The molecule has 7 nitrogen and oxygen atoms in total. The molecule has 1 N–H and O–H groups in total. The van der Waals surface area contributed by atoms with E-state index < -0.39 is 28.3 Å². The van der Waals surface area contributed by atoms with Crippen molar-refractivity contribution >= 4 is 21.6 Å². The van der Waals surface area contributed by atoms with Crippen molar-refractivity contribution in [2.45, 2.75) is 23.8 Å². The summed E-state index contributed by atoms with van der Waals surface area (Å²) in [6, 6.07) is 10.8. The van der Waals surface area contributed by atoms with Gasteiger partial charge >= 0.3 is 0 Å². The third-order valence-corrected chi connectivity index (χ3v) is 6.39. The van der Waals surface area contributed by atoms with E-state index in [2.05, 4.69) is 5.32 Å². The van der Waals surface area contributed by atoms with Gasteiger partial charge in [-0.15, -0.1) is 0 Å². The van der Waals surface area contributed by atoms with Gasteiger partial charge in [0.25, 0.3) is 10.0 Å². The van der Waals surface area contributed by atoms with E-state index >= 15 is 0 Å². The number of sulfonamides is 1. The average Bonchev–Trinajstić information content (AvgIpc) is 3.24. The number of anilines is 1. The molecule has 0 spiro atoms. The number of hydrogen-bond donors (Lipinski definition) is 1. The number of hydrogen-bond acceptors (Lipinski definition) is 5. The highest BCUT2D eigenvalue weighted by Crippen LogP contribution is 2.26. The van der Waals surface area contributed by atoms with E-state index in [1.165, 1.54) is 19.2 Å². The van der Waals surface area contributed by atoms with Crippen molar-refractivity contribution in [1.29, 1.82) is 0 Å². The number of halogens is 1. The van der Waals surface area contributed by atoms with Crippen LogP contribution in [-0.2, 0) is 19.6 Å². The van der Waals surface area contributed by atoms with Crippen LogP contribution in [-0.4, -0.2) is 47.2 Å². The lowest BCUT2D eigenvalue weighted by Gasteiger charge is -2.24. The molecule has 9 heteroatoms. The van der Waals surface area contributed by atoms with Crippen molar-refractivity contribution in [3.63, 3.8) is 0 Å². The number of carbonyl (C=O) groups is 1. The number of methoxy groups -OCH3 is 1. The monoisotopic (exact) mass is 422 g/mol. The number of rotatable bonds is 8. The summed E-state index contributed by atoms with van der Waals surface area (Å²) in [5.41, 5.74) is 0.294. The molecule has 156 valence electrons. The SMILES string of the molecule is COc1ccc(N(CC(=O)NC[C@H]2CCCO2)S(=O)(=O)c2ccc(F)cc2)cc1. The topological polar surface area (TPSA) is 84.9 Å². The largest absolute Gasteiger partial charge is 0.497 e. The molecule has 2 aromatic rings. The molecule has 2 aromatic carbocycles. The van der Waals surface area contributed by atoms with Crippen molar-refractivity contribution in [2.24, 2.45) is 0 Å². The molecule has 0 radical (unpaired) electrons. The van der Waals surface area contributed by atoms with Gasteiger partial charge in [-0.1, -0.05) is 0 Å². The predicted molar refractivity (Wildman–Crippen MR) is 106 cm³/mol. The minimum absolute atomic E-state index is 0.0536. The lowest BCUT2D eigenvalue weighted by atomic mass is 10.2. The fraction of sp³-hybridized carbons (Fsp3) is 0.350. The summed E-state index contributed by atoms with van der Waals surface area (Å²) in [6.45, 7) is 0.572. The summed E-state index contributed by atoms with van der Waals surface area (Å²) in [5.74, 6) is -0.452. The Kier molecular flexibility index (Phi) is 6.71. The van der Waals surface area contributed by atoms with Crippen LogP contribution < -0.4 is 14.4 Å². The Hall–Kier alpha value is -2.65. The van der Waals surface area contributed by atoms with Crippen molar-refractivity contribution in [2.75, 3.05) is 31.1 Å². The van der Waals surface area contributed by atoms with Crippen molar-refractivity contribution in [3.05, 3.63) is 54.3 Å². The van der Waals surface area contributed by atoms with E-state index in [-0.39, 0.29) is 11.0 Å². The third-order valence-electron chi connectivity index (χ3n) is 4.60. The fourth-order valence-electron chi connectivity index (χ4n) is 3.02. The molecule has 0 unspecified atom stereocenters. The molecule has 1 aliphatic rings. The Balaban J connectivity index is 1.84. The summed E-state index contributed by atoms with van der Waals surface area (Å²) in [5, 5.41) is 2.73. The maximum atomic E-state index is 13.2. The molecular weight excluding hydrogens is 399 g/mol.